The number of aromatic nitrogens is 1. The SMILES string of the molecule is COc1cc(C(NN)c2ccncc2F)cc(Cl)c1OC. The van der Waals surface area contributed by atoms with Gasteiger partial charge in [0.1, 0.15) is 5.82 Å². The molecule has 0 radical (unpaired) electrons. The van der Waals surface area contributed by atoms with Crippen molar-refractivity contribution in [2.45, 2.75) is 6.04 Å². The van der Waals surface area contributed by atoms with Crippen LogP contribution in [0, 0.1) is 5.82 Å². The zero-order chi connectivity index (χ0) is 15.4. The Balaban J connectivity index is 2.53. The number of pyridine rings is 1. The van der Waals surface area contributed by atoms with Crippen molar-refractivity contribution in [2.24, 2.45) is 5.84 Å². The molecule has 0 fully saturated rings. The van der Waals surface area contributed by atoms with Crippen molar-refractivity contribution in [2.75, 3.05) is 14.2 Å². The van der Waals surface area contributed by atoms with Crippen LogP contribution in [0.15, 0.2) is 30.6 Å². The Kier molecular flexibility index (Phi) is 4.95. The van der Waals surface area contributed by atoms with E-state index < -0.39 is 11.9 Å². The van der Waals surface area contributed by atoms with Crippen LogP contribution in [0.4, 0.5) is 4.39 Å². The standard InChI is InChI=1S/C14H15ClFN3O2/c1-20-12-6-8(5-10(15)14(12)21-2)13(19-17)9-3-4-18-7-11(9)16/h3-7,13,19H,17H2,1-2H3. The number of methoxy groups -OCH3 is 2. The molecular weight excluding hydrogens is 297 g/mol. The molecule has 0 bridgehead atoms. The third kappa shape index (κ3) is 3.07. The number of rotatable bonds is 5. The Bertz CT molecular complexity index is 640. The van der Waals surface area contributed by atoms with Gasteiger partial charge in [0, 0.05) is 11.8 Å². The minimum atomic E-state index is -0.592. The van der Waals surface area contributed by atoms with Crippen molar-refractivity contribution in [3.05, 3.63) is 52.6 Å². The lowest BCUT2D eigenvalue weighted by Crippen LogP contribution is -2.29. The smallest absolute Gasteiger partial charge is 0.179 e. The molecule has 0 aliphatic carbocycles. The van der Waals surface area contributed by atoms with Crippen LogP contribution in [0.1, 0.15) is 17.2 Å². The largest absolute Gasteiger partial charge is 0.493 e. The summed E-state index contributed by atoms with van der Waals surface area (Å²) in [5.74, 6) is 5.95. The third-order valence-electron chi connectivity index (χ3n) is 3.07. The van der Waals surface area contributed by atoms with E-state index in [2.05, 4.69) is 10.4 Å². The molecule has 21 heavy (non-hydrogen) atoms. The molecule has 5 nitrogen and oxygen atoms in total. The molecule has 0 amide bonds. The molecule has 0 aliphatic rings. The quantitative estimate of drug-likeness (QED) is 0.655. The lowest BCUT2D eigenvalue weighted by Gasteiger charge is -2.19. The first-order valence-corrected chi connectivity index (χ1v) is 6.47. The summed E-state index contributed by atoms with van der Waals surface area (Å²) in [6.45, 7) is 0. The van der Waals surface area contributed by atoms with E-state index in [0.717, 1.165) is 6.20 Å². The summed E-state index contributed by atoms with van der Waals surface area (Å²) < 4.78 is 24.3. The van der Waals surface area contributed by atoms with Crippen LogP contribution in [-0.2, 0) is 0 Å². The van der Waals surface area contributed by atoms with E-state index >= 15 is 0 Å². The molecule has 112 valence electrons. The van der Waals surface area contributed by atoms with Gasteiger partial charge in [0.2, 0.25) is 0 Å². The highest BCUT2D eigenvalue weighted by Gasteiger charge is 2.20. The van der Waals surface area contributed by atoms with E-state index in [9.17, 15) is 4.39 Å². The van der Waals surface area contributed by atoms with E-state index in [1.807, 2.05) is 0 Å². The minimum absolute atomic E-state index is 0.349. The topological polar surface area (TPSA) is 69.4 Å². The molecule has 1 aromatic carbocycles. The minimum Gasteiger partial charge on any atom is -0.493 e. The van der Waals surface area contributed by atoms with Gasteiger partial charge in [-0.25, -0.2) is 9.82 Å². The number of halogens is 2. The van der Waals surface area contributed by atoms with Gasteiger partial charge in [-0.05, 0) is 23.8 Å². The highest BCUT2D eigenvalue weighted by atomic mass is 35.5. The lowest BCUT2D eigenvalue weighted by atomic mass is 9.99. The van der Waals surface area contributed by atoms with Gasteiger partial charge in [-0.3, -0.25) is 10.8 Å². The number of nitrogens with two attached hydrogens (primary N) is 1. The molecule has 7 heteroatoms. The Morgan fingerprint density at radius 1 is 1.33 bits per heavy atom. The normalized spacial score (nSPS) is 12.0. The molecule has 1 heterocycles. The van der Waals surface area contributed by atoms with Crippen LogP contribution in [0.5, 0.6) is 11.5 Å². The molecule has 0 aliphatic heterocycles. The van der Waals surface area contributed by atoms with Crippen molar-refractivity contribution < 1.29 is 13.9 Å². The second-order valence-electron chi connectivity index (χ2n) is 4.24. The fourth-order valence-corrected chi connectivity index (χ4v) is 2.39. The van der Waals surface area contributed by atoms with Crippen molar-refractivity contribution in [3.63, 3.8) is 0 Å². The zero-order valence-corrected chi connectivity index (χ0v) is 12.3. The van der Waals surface area contributed by atoms with Gasteiger partial charge >= 0.3 is 0 Å². The Labute approximate surface area is 126 Å². The summed E-state index contributed by atoms with van der Waals surface area (Å²) in [5, 5.41) is 0.349. The van der Waals surface area contributed by atoms with Crippen LogP contribution in [-0.4, -0.2) is 19.2 Å². The van der Waals surface area contributed by atoms with Crippen LogP contribution < -0.4 is 20.7 Å². The van der Waals surface area contributed by atoms with Crippen LogP contribution in [0.3, 0.4) is 0 Å². The molecule has 1 aromatic heterocycles. The average Bonchev–Trinajstić information content (AvgIpc) is 2.49. The maximum absolute atomic E-state index is 13.9. The summed E-state index contributed by atoms with van der Waals surface area (Å²) >= 11 is 6.16. The monoisotopic (exact) mass is 311 g/mol. The van der Waals surface area contributed by atoms with E-state index in [0.29, 0.717) is 27.6 Å². The summed E-state index contributed by atoms with van der Waals surface area (Å²) in [7, 11) is 2.99. The molecule has 1 unspecified atom stereocenters. The number of ether oxygens (including phenoxy) is 2. The second kappa shape index (κ2) is 6.71. The van der Waals surface area contributed by atoms with Crippen LogP contribution >= 0.6 is 11.6 Å². The molecule has 3 N–H and O–H groups in total. The second-order valence-corrected chi connectivity index (χ2v) is 4.64. The Hall–Kier alpha value is -1.89. The maximum atomic E-state index is 13.9. The molecule has 0 spiro atoms. The fraction of sp³-hybridized carbons (Fsp3) is 0.214. The number of hydrazine groups is 1. The van der Waals surface area contributed by atoms with Gasteiger partial charge in [0.15, 0.2) is 11.5 Å². The number of nitrogens with one attached hydrogen (secondary N) is 1. The molecule has 1 atom stereocenters. The Morgan fingerprint density at radius 3 is 2.67 bits per heavy atom. The van der Waals surface area contributed by atoms with E-state index in [1.54, 1.807) is 18.2 Å². The summed E-state index contributed by atoms with van der Waals surface area (Å²) in [6, 6.07) is 4.29. The summed E-state index contributed by atoms with van der Waals surface area (Å²) in [5.41, 5.74) is 3.57. The molecule has 2 rings (SSSR count). The van der Waals surface area contributed by atoms with Gasteiger partial charge < -0.3 is 9.47 Å². The highest BCUT2D eigenvalue weighted by Crippen LogP contribution is 2.38. The van der Waals surface area contributed by atoms with E-state index in [1.165, 1.54) is 20.4 Å². The molecule has 2 aromatic rings. The first-order chi connectivity index (χ1) is 10.1. The van der Waals surface area contributed by atoms with E-state index in [4.69, 9.17) is 26.9 Å². The maximum Gasteiger partial charge on any atom is 0.179 e. The van der Waals surface area contributed by atoms with Gasteiger partial charge in [-0.15, -0.1) is 0 Å². The van der Waals surface area contributed by atoms with Crippen molar-refractivity contribution in [3.8, 4) is 11.5 Å². The zero-order valence-electron chi connectivity index (χ0n) is 11.6. The highest BCUT2D eigenvalue weighted by molar-refractivity contribution is 6.32. The number of nitrogens with zero attached hydrogens (tertiary/aromatic N) is 1. The molecule has 0 saturated carbocycles. The molecular formula is C14H15ClFN3O2. The average molecular weight is 312 g/mol. The van der Waals surface area contributed by atoms with Crippen molar-refractivity contribution >= 4 is 11.6 Å². The van der Waals surface area contributed by atoms with Crippen molar-refractivity contribution in [1.29, 1.82) is 0 Å². The predicted molar refractivity (Wildman–Crippen MR) is 77.9 cm³/mol. The van der Waals surface area contributed by atoms with Gasteiger partial charge in [0.25, 0.3) is 0 Å². The third-order valence-corrected chi connectivity index (χ3v) is 3.35. The van der Waals surface area contributed by atoms with Gasteiger partial charge in [-0.1, -0.05) is 11.6 Å². The number of hydrogen-bond acceptors (Lipinski definition) is 5. The van der Waals surface area contributed by atoms with Gasteiger partial charge in [0.05, 0.1) is 31.5 Å². The first-order valence-electron chi connectivity index (χ1n) is 6.09. The van der Waals surface area contributed by atoms with Gasteiger partial charge in [-0.2, -0.15) is 0 Å². The molecule has 0 saturated heterocycles. The van der Waals surface area contributed by atoms with Crippen molar-refractivity contribution in [1.82, 2.24) is 10.4 Å². The van der Waals surface area contributed by atoms with Crippen LogP contribution in [0.25, 0.3) is 0 Å². The predicted octanol–water partition coefficient (Wildman–Crippen LogP) is 2.44. The Morgan fingerprint density at radius 2 is 2.10 bits per heavy atom. The lowest BCUT2D eigenvalue weighted by molar-refractivity contribution is 0.354. The summed E-state index contributed by atoms with van der Waals surface area (Å²) in [6.07, 6.45) is 2.62. The van der Waals surface area contributed by atoms with Crippen LogP contribution in [0.2, 0.25) is 5.02 Å². The number of benzene rings is 1. The summed E-state index contributed by atoms with van der Waals surface area (Å²) in [4.78, 5) is 3.72. The van der Waals surface area contributed by atoms with E-state index in [-0.39, 0.29) is 0 Å². The first kappa shape index (κ1) is 15.5. The fourth-order valence-electron chi connectivity index (χ4n) is 2.09. The number of hydrogen-bond donors (Lipinski definition) is 2.